The third kappa shape index (κ3) is 3.87. The Morgan fingerprint density at radius 2 is 2.10 bits per heavy atom. The summed E-state index contributed by atoms with van der Waals surface area (Å²) >= 11 is 6.08. The van der Waals surface area contributed by atoms with Crippen LogP contribution in [0, 0.1) is 0 Å². The van der Waals surface area contributed by atoms with Crippen molar-refractivity contribution in [1.29, 1.82) is 0 Å². The van der Waals surface area contributed by atoms with Crippen molar-refractivity contribution in [3.05, 3.63) is 71.1 Å². The van der Waals surface area contributed by atoms with Gasteiger partial charge in [0.25, 0.3) is 5.91 Å². The topological polar surface area (TPSA) is 115 Å². The molecule has 1 amide bonds. The largest absolute Gasteiger partial charge is 0.467 e. The molecule has 2 aromatic heterocycles. The Morgan fingerprint density at radius 1 is 1.27 bits per heavy atom. The number of esters is 1. The second-order valence-electron chi connectivity index (χ2n) is 6.53. The standard InChI is InChI=1S/C20H17ClN6O3/c1-30-20(29)17(8-12-10-22-16-5-3-2-4-14(12)16)24-19(28)15-7-6-13(21)9-18(15)27-11-23-25-26-27/h2-7,9-11,17,22H,8H2,1H3,(H,24,28)/t17-/m0/s1. The van der Waals surface area contributed by atoms with Gasteiger partial charge in [0.05, 0.1) is 18.4 Å². The van der Waals surface area contributed by atoms with Crippen LogP contribution in [-0.4, -0.2) is 50.2 Å². The van der Waals surface area contributed by atoms with Crippen molar-refractivity contribution in [2.45, 2.75) is 12.5 Å². The van der Waals surface area contributed by atoms with Crippen molar-refractivity contribution >= 4 is 34.4 Å². The van der Waals surface area contributed by atoms with Crippen molar-refractivity contribution in [3.63, 3.8) is 0 Å². The van der Waals surface area contributed by atoms with Gasteiger partial charge in [-0.25, -0.2) is 4.79 Å². The number of carbonyl (C=O) groups is 2. The van der Waals surface area contributed by atoms with E-state index in [0.29, 0.717) is 10.7 Å². The fourth-order valence-corrected chi connectivity index (χ4v) is 3.42. The summed E-state index contributed by atoms with van der Waals surface area (Å²) in [5.41, 5.74) is 2.49. The molecule has 0 aliphatic heterocycles. The van der Waals surface area contributed by atoms with Gasteiger partial charge in [-0.15, -0.1) is 5.10 Å². The molecule has 0 saturated heterocycles. The summed E-state index contributed by atoms with van der Waals surface area (Å²) in [6, 6.07) is 11.5. The van der Waals surface area contributed by atoms with Gasteiger partial charge < -0.3 is 15.0 Å². The number of halogens is 1. The van der Waals surface area contributed by atoms with Crippen LogP contribution in [0.2, 0.25) is 5.02 Å². The molecule has 4 aromatic rings. The summed E-state index contributed by atoms with van der Waals surface area (Å²) < 4.78 is 6.24. The van der Waals surface area contributed by atoms with Crippen LogP contribution in [0.3, 0.4) is 0 Å². The number of rotatable bonds is 6. The van der Waals surface area contributed by atoms with Gasteiger partial charge in [-0.1, -0.05) is 29.8 Å². The maximum Gasteiger partial charge on any atom is 0.328 e. The van der Waals surface area contributed by atoms with E-state index in [1.165, 1.54) is 18.1 Å². The SMILES string of the molecule is COC(=O)[C@H](Cc1c[nH]c2ccccc12)NC(=O)c1ccc(Cl)cc1-n1cnnn1. The summed E-state index contributed by atoms with van der Waals surface area (Å²) in [6.07, 6.45) is 3.43. The number of nitrogens with zero attached hydrogens (tertiary/aromatic N) is 4. The molecule has 30 heavy (non-hydrogen) atoms. The van der Waals surface area contributed by atoms with Gasteiger partial charge in [-0.2, -0.15) is 4.68 Å². The van der Waals surface area contributed by atoms with Crippen molar-refractivity contribution in [3.8, 4) is 5.69 Å². The number of nitrogens with one attached hydrogen (secondary N) is 2. The minimum atomic E-state index is -0.890. The minimum absolute atomic E-state index is 0.260. The minimum Gasteiger partial charge on any atom is -0.467 e. The smallest absolute Gasteiger partial charge is 0.328 e. The van der Waals surface area contributed by atoms with Crippen LogP contribution in [0.4, 0.5) is 0 Å². The molecule has 0 radical (unpaired) electrons. The first kappa shape index (κ1) is 19.6. The zero-order chi connectivity index (χ0) is 21.1. The lowest BCUT2D eigenvalue weighted by molar-refractivity contribution is -0.142. The number of para-hydroxylation sites is 1. The number of hydrogen-bond donors (Lipinski definition) is 2. The Balaban J connectivity index is 1.63. The highest BCUT2D eigenvalue weighted by molar-refractivity contribution is 6.31. The molecule has 1 atom stereocenters. The van der Waals surface area contributed by atoms with Crippen molar-refractivity contribution in [2.75, 3.05) is 7.11 Å². The Morgan fingerprint density at radius 3 is 2.87 bits per heavy atom. The quantitative estimate of drug-likeness (QED) is 0.459. The van der Waals surface area contributed by atoms with Crippen molar-refractivity contribution in [2.24, 2.45) is 0 Å². The van der Waals surface area contributed by atoms with Crippen LogP contribution in [-0.2, 0) is 16.0 Å². The highest BCUT2D eigenvalue weighted by atomic mass is 35.5. The van der Waals surface area contributed by atoms with E-state index < -0.39 is 17.9 Å². The normalized spacial score (nSPS) is 11.9. The number of amides is 1. The molecule has 2 heterocycles. The number of aromatic amines is 1. The predicted molar refractivity (Wildman–Crippen MR) is 109 cm³/mol. The van der Waals surface area contributed by atoms with Gasteiger partial charge >= 0.3 is 5.97 Å². The fourth-order valence-electron chi connectivity index (χ4n) is 3.25. The molecule has 0 aliphatic rings. The van der Waals surface area contributed by atoms with E-state index in [4.69, 9.17) is 16.3 Å². The van der Waals surface area contributed by atoms with Gasteiger partial charge in [0.2, 0.25) is 0 Å². The predicted octanol–water partition coefficient (Wildman–Crippen LogP) is 2.31. The van der Waals surface area contributed by atoms with Gasteiger partial charge in [-0.05, 0) is 40.3 Å². The number of carbonyl (C=O) groups excluding carboxylic acids is 2. The molecule has 10 heteroatoms. The highest BCUT2D eigenvalue weighted by Gasteiger charge is 2.25. The average molecular weight is 425 g/mol. The van der Waals surface area contributed by atoms with Gasteiger partial charge in [-0.3, -0.25) is 4.79 Å². The first-order valence-electron chi connectivity index (χ1n) is 9.03. The second-order valence-corrected chi connectivity index (χ2v) is 6.97. The molecule has 0 fully saturated rings. The van der Waals surface area contributed by atoms with Gasteiger partial charge in [0.15, 0.2) is 0 Å². The first-order valence-corrected chi connectivity index (χ1v) is 9.41. The lowest BCUT2D eigenvalue weighted by Crippen LogP contribution is -2.43. The maximum absolute atomic E-state index is 13.0. The lowest BCUT2D eigenvalue weighted by atomic mass is 10.0. The Bertz CT molecular complexity index is 1200. The molecule has 4 rings (SSSR count). The molecule has 152 valence electrons. The van der Waals surface area contributed by atoms with E-state index in [9.17, 15) is 9.59 Å². The number of benzene rings is 2. The number of H-pyrrole nitrogens is 1. The molecular weight excluding hydrogens is 408 g/mol. The fraction of sp³-hybridized carbons (Fsp3) is 0.150. The first-order chi connectivity index (χ1) is 14.6. The molecule has 9 nitrogen and oxygen atoms in total. The van der Waals surface area contributed by atoms with Crippen LogP contribution in [0.25, 0.3) is 16.6 Å². The van der Waals surface area contributed by atoms with Gasteiger partial charge in [0.1, 0.15) is 12.4 Å². The zero-order valence-corrected chi connectivity index (χ0v) is 16.6. The molecule has 0 aliphatic carbocycles. The molecule has 2 aromatic carbocycles. The van der Waals surface area contributed by atoms with Crippen molar-refractivity contribution in [1.82, 2.24) is 30.5 Å². The third-order valence-electron chi connectivity index (χ3n) is 4.69. The lowest BCUT2D eigenvalue weighted by Gasteiger charge is -2.17. The second kappa shape index (κ2) is 8.34. The van der Waals surface area contributed by atoms with E-state index in [0.717, 1.165) is 16.5 Å². The van der Waals surface area contributed by atoms with E-state index in [1.807, 2.05) is 30.5 Å². The third-order valence-corrected chi connectivity index (χ3v) is 4.93. The monoisotopic (exact) mass is 424 g/mol. The average Bonchev–Trinajstić information content (AvgIpc) is 3.43. The number of ether oxygens (including phenoxy) is 1. The van der Waals surface area contributed by atoms with Gasteiger partial charge in [0, 0.05) is 28.5 Å². The highest BCUT2D eigenvalue weighted by Crippen LogP contribution is 2.21. The summed E-state index contributed by atoms with van der Waals surface area (Å²) in [6.45, 7) is 0. The molecule has 0 bridgehead atoms. The summed E-state index contributed by atoms with van der Waals surface area (Å²) in [5.74, 6) is -1.03. The number of hydrogen-bond acceptors (Lipinski definition) is 6. The van der Waals surface area contributed by atoms with Crippen LogP contribution < -0.4 is 5.32 Å². The van der Waals surface area contributed by atoms with E-state index in [2.05, 4.69) is 25.8 Å². The van der Waals surface area contributed by atoms with E-state index >= 15 is 0 Å². The van der Waals surface area contributed by atoms with Crippen LogP contribution in [0.1, 0.15) is 15.9 Å². The number of fused-ring (bicyclic) bond motifs is 1. The maximum atomic E-state index is 13.0. The summed E-state index contributed by atoms with van der Waals surface area (Å²) in [5, 5.41) is 15.1. The van der Waals surface area contributed by atoms with Crippen LogP contribution >= 0.6 is 11.6 Å². The van der Waals surface area contributed by atoms with Crippen LogP contribution in [0.5, 0.6) is 0 Å². The molecule has 0 unspecified atom stereocenters. The number of aromatic nitrogens is 5. The Hall–Kier alpha value is -3.72. The molecule has 0 spiro atoms. The Kier molecular flexibility index (Phi) is 5.44. The van der Waals surface area contributed by atoms with Crippen LogP contribution in [0.15, 0.2) is 55.0 Å². The van der Waals surface area contributed by atoms with E-state index in [1.54, 1.807) is 18.2 Å². The molecular formula is C20H17ClN6O3. The van der Waals surface area contributed by atoms with Crippen molar-refractivity contribution < 1.29 is 14.3 Å². The summed E-state index contributed by atoms with van der Waals surface area (Å²) in [4.78, 5) is 28.6. The Labute approximate surface area is 176 Å². The zero-order valence-electron chi connectivity index (χ0n) is 15.9. The molecule has 2 N–H and O–H groups in total. The number of tetrazole rings is 1. The molecule has 0 saturated carbocycles. The van der Waals surface area contributed by atoms with E-state index in [-0.39, 0.29) is 12.0 Å². The number of methoxy groups -OCH3 is 1. The summed E-state index contributed by atoms with van der Waals surface area (Å²) in [7, 11) is 1.28.